The summed E-state index contributed by atoms with van der Waals surface area (Å²) in [6.45, 7) is 0. The van der Waals surface area contributed by atoms with Gasteiger partial charge in [0, 0.05) is 75.9 Å². The van der Waals surface area contributed by atoms with Gasteiger partial charge >= 0.3 is 0 Å². The lowest BCUT2D eigenvalue weighted by molar-refractivity contribution is 1.28. The van der Waals surface area contributed by atoms with Gasteiger partial charge in [-0.2, -0.15) is 8.75 Å². The van der Waals surface area contributed by atoms with Crippen LogP contribution in [0.1, 0.15) is 0 Å². The molecule has 0 unspecified atom stereocenters. The van der Waals surface area contributed by atoms with Crippen LogP contribution in [0.4, 0.5) is 34.1 Å². The first-order valence-corrected chi connectivity index (χ1v) is 26.4. The van der Waals surface area contributed by atoms with Crippen LogP contribution in [0.25, 0.3) is 86.3 Å². The fraction of sp³-hybridized carbons (Fsp3) is 0. The summed E-state index contributed by atoms with van der Waals surface area (Å²) in [5, 5.41) is 0. The van der Waals surface area contributed by atoms with Crippen molar-refractivity contribution in [2.45, 2.75) is 0 Å². The van der Waals surface area contributed by atoms with E-state index in [0.29, 0.717) is 0 Å². The molecule has 0 radical (unpaired) electrons. The summed E-state index contributed by atoms with van der Waals surface area (Å²) in [5.41, 5.74) is 17.5. The third-order valence-corrected chi connectivity index (χ3v) is 15.8. The Bertz CT molecular complexity index is 3650. The summed E-state index contributed by atoms with van der Waals surface area (Å²) in [6.07, 6.45) is 0. The maximum atomic E-state index is 5.70. The molecule has 0 saturated carbocycles. The highest BCUT2D eigenvalue weighted by molar-refractivity contribution is 7.19. The van der Waals surface area contributed by atoms with Crippen molar-refractivity contribution in [1.29, 1.82) is 0 Å². The molecule has 73 heavy (non-hydrogen) atoms. The van der Waals surface area contributed by atoms with E-state index in [4.69, 9.17) is 18.7 Å². The van der Waals surface area contributed by atoms with Crippen LogP contribution in [0.3, 0.4) is 0 Å². The zero-order chi connectivity index (χ0) is 48.5. The Morgan fingerprint density at radius 1 is 0.247 bits per heavy atom. The summed E-state index contributed by atoms with van der Waals surface area (Å²) in [4.78, 5) is 20.4. The Morgan fingerprint density at radius 2 is 0.534 bits per heavy atom. The molecule has 4 aromatic heterocycles. The maximum absolute atomic E-state index is 5.70. The van der Waals surface area contributed by atoms with Gasteiger partial charge in [0.15, 0.2) is 0 Å². The Kier molecular flexibility index (Phi) is 11.7. The number of anilines is 6. The molecule has 0 bridgehead atoms. The number of rotatable bonds is 12. The van der Waals surface area contributed by atoms with E-state index in [-0.39, 0.29) is 0 Å². The van der Waals surface area contributed by atoms with Crippen LogP contribution < -0.4 is 9.80 Å². The molecule has 0 spiro atoms. The number of benzene rings is 9. The molecule has 0 aliphatic heterocycles. The fourth-order valence-corrected chi connectivity index (χ4v) is 12.3. The molecular weight excluding hydrogens is 949 g/mol. The van der Waals surface area contributed by atoms with Crippen molar-refractivity contribution in [3.05, 3.63) is 255 Å². The van der Waals surface area contributed by atoms with E-state index in [1.165, 1.54) is 11.7 Å². The summed E-state index contributed by atoms with van der Waals surface area (Å²) in [7, 11) is 0. The number of hydrogen-bond donors (Lipinski definition) is 0. The highest BCUT2D eigenvalue weighted by atomic mass is 32.1. The number of hydrogen-bond acceptors (Lipinski definition) is 9. The van der Waals surface area contributed by atoms with Crippen LogP contribution in [0, 0.1) is 0 Å². The first kappa shape index (κ1) is 44.1. The molecule has 0 saturated heterocycles. The quantitative estimate of drug-likeness (QED) is 0.122. The lowest BCUT2D eigenvalue weighted by Gasteiger charge is -2.25. The highest BCUT2D eigenvalue weighted by Crippen LogP contribution is 2.49. The second-order valence-corrected chi connectivity index (χ2v) is 20.2. The number of aromatic nitrogens is 4. The standard InChI is InChI=1S/C64H42N6S3/c1-7-19-45(20-8-1)59-60(46-21-9-2-10-22-46)66-62-58(56-42-40-54(72-56)44-33-37-52(38-34-44)70(49-27-15-5-16-28-49)50-29-17-6-18-30-50)64-63(67-73-68-64)57(61(62)65-59)55-41-39-53(71-55)43-31-35-51(36-32-43)69(47-23-11-3-12-24-47)48-25-13-4-14-26-48/h1-42H. The summed E-state index contributed by atoms with van der Waals surface area (Å²) < 4.78 is 10.2. The molecule has 0 aliphatic rings. The van der Waals surface area contributed by atoms with E-state index < -0.39 is 0 Å². The molecule has 0 fully saturated rings. The van der Waals surface area contributed by atoms with Gasteiger partial charge < -0.3 is 9.80 Å². The molecule has 0 atom stereocenters. The second kappa shape index (κ2) is 19.4. The average Bonchev–Trinajstić information content (AvgIpc) is 4.28. The van der Waals surface area contributed by atoms with Crippen molar-refractivity contribution in [1.82, 2.24) is 18.7 Å². The first-order valence-electron chi connectivity index (χ1n) is 24.0. The van der Waals surface area contributed by atoms with Crippen LogP contribution in [0.5, 0.6) is 0 Å². The minimum absolute atomic E-state index is 0.792. The van der Waals surface area contributed by atoms with Crippen LogP contribution in [-0.2, 0) is 0 Å². The molecule has 346 valence electrons. The molecule has 6 nitrogen and oxygen atoms in total. The number of nitrogens with zero attached hydrogens (tertiary/aromatic N) is 6. The number of thiophene rings is 2. The summed E-state index contributed by atoms with van der Waals surface area (Å²) >= 11 is 4.71. The largest absolute Gasteiger partial charge is 0.311 e. The number of para-hydroxylation sites is 4. The zero-order valence-corrected chi connectivity index (χ0v) is 41.6. The van der Waals surface area contributed by atoms with Gasteiger partial charge in [0.05, 0.1) is 23.1 Å². The van der Waals surface area contributed by atoms with Gasteiger partial charge in [-0.3, -0.25) is 0 Å². The van der Waals surface area contributed by atoms with Crippen LogP contribution in [0.2, 0.25) is 0 Å². The highest BCUT2D eigenvalue weighted by Gasteiger charge is 2.27. The summed E-state index contributed by atoms with van der Waals surface area (Å²) in [6, 6.07) is 89.4. The monoisotopic (exact) mass is 990 g/mol. The molecular formula is C64H42N6S3. The molecule has 9 aromatic carbocycles. The third-order valence-electron chi connectivity index (χ3n) is 13.0. The Morgan fingerprint density at radius 3 is 0.863 bits per heavy atom. The van der Waals surface area contributed by atoms with Crippen LogP contribution in [0.15, 0.2) is 255 Å². The SMILES string of the molecule is c1ccc(-c2nc3c(-c4ccc(-c5ccc(N(c6ccccc6)c6ccccc6)cc5)s4)c4nsnc4c(-c4ccc(-c5ccc(N(c6ccccc6)c6ccccc6)cc5)s4)c3nc2-c2ccccc2)cc1. The summed E-state index contributed by atoms with van der Waals surface area (Å²) in [5.74, 6) is 0. The first-order chi connectivity index (χ1) is 36.2. The van der Waals surface area contributed by atoms with Crippen molar-refractivity contribution in [3.63, 3.8) is 0 Å². The van der Waals surface area contributed by atoms with Gasteiger partial charge in [0.1, 0.15) is 22.1 Å². The molecule has 0 aliphatic carbocycles. The molecule has 0 N–H and O–H groups in total. The van der Waals surface area contributed by atoms with Crippen molar-refractivity contribution in [3.8, 4) is 64.3 Å². The lowest BCUT2D eigenvalue weighted by Crippen LogP contribution is -2.09. The van der Waals surface area contributed by atoms with Gasteiger partial charge in [-0.15, -0.1) is 22.7 Å². The molecule has 13 rings (SSSR count). The van der Waals surface area contributed by atoms with Gasteiger partial charge in [-0.05, 0) is 108 Å². The van der Waals surface area contributed by atoms with Crippen molar-refractivity contribution >= 4 is 90.6 Å². The third kappa shape index (κ3) is 8.45. The van der Waals surface area contributed by atoms with E-state index in [1.807, 2.05) is 12.1 Å². The predicted octanol–water partition coefficient (Wildman–Crippen LogP) is 18.7. The smallest absolute Gasteiger partial charge is 0.116 e. The Hall–Kier alpha value is -8.86. The normalized spacial score (nSPS) is 11.3. The molecule has 13 aromatic rings. The van der Waals surface area contributed by atoms with E-state index in [9.17, 15) is 0 Å². The van der Waals surface area contributed by atoms with Gasteiger partial charge in [-0.1, -0.05) is 158 Å². The minimum atomic E-state index is 0.792. The Labute approximate surface area is 435 Å². The Balaban J connectivity index is 0.939. The van der Waals surface area contributed by atoms with E-state index >= 15 is 0 Å². The van der Waals surface area contributed by atoms with E-state index in [0.717, 1.165) is 120 Å². The minimum Gasteiger partial charge on any atom is -0.311 e. The molecule has 9 heteroatoms. The van der Waals surface area contributed by atoms with E-state index in [1.54, 1.807) is 22.7 Å². The second-order valence-electron chi connectivity index (χ2n) is 17.5. The van der Waals surface area contributed by atoms with Crippen molar-refractivity contribution in [2.75, 3.05) is 9.80 Å². The predicted molar refractivity (Wildman–Crippen MR) is 308 cm³/mol. The average molecular weight is 991 g/mol. The molecule has 4 heterocycles. The van der Waals surface area contributed by atoms with Gasteiger partial charge in [0.25, 0.3) is 0 Å². The zero-order valence-electron chi connectivity index (χ0n) is 39.2. The van der Waals surface area contributed by atoms with Crippen LogP contribution >= 0.6 is 34.4 Å². The van der Waals surface area contributed by atoms with Crippen molar-refractivity contribution < 1.29 is 0 Å². The maximum Gasteiger partial charge on any atom is 0.116 e. The van der Waals surface area contributed by atoms with Crippen LogP contribution in [-0.4, -0.2) is 18.7 Å². The fourth-order valence-electron chi connectivity index (χ4n) is 9.59. The molecule has 0 amide bonds. The van der Waals surface area contributed by atoms with E-state index in [2.05, 4.69) is 252 Å². The van der Waals surface area contributed by atoms with Gasteiger partial charge in [-0.25, -0.2) is 9.97 Å². The van der Waals surface area contributed by atoms with Gasteiger partial charge in [0.2, 0.25) is 0 Å². The number of fused-ring (bicyclic) bond motifs is 2. The topological polar surface area (TPSA) is 58.0 Å². The lowest BCUT2D eigenvalue weighted by atomic mass is 9.99. The van der Waals surface area contributed by atoms with Crippen molar-refractivity contribution in [2.24, 2.45) is 0 Å².